The lowest BCUT2D eigenvalue weighted by Gasteiger charge is -2.32. The smallest absolute Gasteiger partial charge is 0.263 e. The highest BCUT2D eigenvalue weighted by Crippen LogP contribution is 2.33. The van der Waals surface area contributed by atoms with Crippen molar-refractivity contribution in [1.82, 2.24) is 14.6 Å². The molecule has 234 valence electrons. The van der Waals surface area contributed by atoms with Crippen LogP contribution < -0.4 is 22.3 Å². The molecule has 2 aromatic rings. The molecule has 0 bridgehead atoms. The molecule has 3 unspecified atom stereocenters. The van der Waals surface area contributed by atoms with E-state index in [0.29, 0.717) is 0 Å². The third-order valence-corrected chi connectivity index (χ3v) is 9.35. The summed E-state index contributed by atoms with van der Waals surface area (Å²) in [6.45, 7) is 10.9. The minimum Gasteiger partial charge on any atom is -0.493 e. The van der Waals surface area contributed by atoms with Crippen LogP contribution in [0.4, 0.5) is 11.4 Å². The van der Waals surface area contributed by atoms with E-state index in [4.69, 9.17) is 11.5 Å². The Morgan fingerprint density at radius 3 is 2.38 bits per heavy atom. The van der Waals surface area contributed by atoms with Gasteiger partial charge in [0.2, 0.25) is 15.9 Å². The van der Waals surface area contributed by atoms with Crippen LogP contribution in [-0.2, 0) is 10.0 Å². The molecule has 7 N–H and O–H groups in total. The largest absolute Gasteiger partial charge is 0.493 e. The summed E-state index contributed by atoms with van der Waals surface area (Å²) in [7, 11) is -4.08. The van der Waals surface area contributed by atoms with E-state index in [0.717, 1.165) is 45.1 Å². The van der Waals surface area contributed by atoms with Gasteiger partial charge in [-0.2, -0.15) is 4.31 Å². The average molecular weight is 606 g/mol. The number of rotatable bonds is 18. The number of aromatic nitrogens is 1. The molecule has 0 aliphatic rings. The third-order valence-electron chi connectivity index (χ3n) is 7.47. The fraction of sp³-hybridized carbons (Fsp3) is 0.586. The van der Waals surface area contributed by atoms with Crippen LogP contribution in [-0.4, -0.2) is 60.4 Å². The lowest BCUT2D eigenvalue weighted by molar-refractivity contribution is 0.0998. The fourth-order valence-corrected chi connectivity index (χ4v) is 6.52. The molecule has 0 fully saturated rings. The lowest BCUT2D eigenvalue weighted by atomic mass is 9.94. The van der Waals surface area contributed by atoms with Gasteiger partial charge in [0.05, 0.1) is 0 Å². The van der Waals surface area contributed by atoms with Crippen molar-refractivity contribution in [2.75, 3.05) is 19.6 Å². The zero-order chi connectivity index (χ0) is 31.4. The Hall–Kier alpha value is -3.13. The van der Waals surface area contributed by atoms with Crippen molar-refractivity contribution in [2.45, 2.75) is 90.1 Å². The predicted molar refractivity (Wildman–Crippen MR) is 165 cm³/mol. The lowest BCUT2D eigenvalue weighted by Crippen LogP contribution is -2.47. The van der Waals surface area contributed by atoms with Crippen molar-refractivity contribution in [1.29, 1.82) is 0 Å². The van der Waals surface area contributed by atoms with Crippen molar-refractivity contribution in [3.63, 3.8) is 0 Å². The van der Waals surface area contributed by atoms with Crippen molar-refractivity contribution in [3.05, 3.63) is 45.7 Å². The number of hydrogen-bond donors (Lipinski definition) is 5. The highest BCUT2D eigenvalue weighted by molar-refractivity contribution is 7.89. The van der Waals surface area contributed by atoms with E-state index in [1.165, 1.54) is 23.4 Å². The number of carbonyl (C=O) groups is 1. The van der Waals surface area contributed by atoms with Crippen LogP contribution in [0.15, 0.2) is 44.2 Å². The number of nitrogens with two attached hydrogens (primary N) is 2. The molecule has 1 amide bonds. The van der Waals surface area contributed by atoms with Gasteiger partial charge in [0.1, 0.15) is 21.8 Å². The molecule has 13 heteroatoms. The number of amides is 1. The van der Waals surface area contributed by atoms with Gasteiger partial charge in [-0.05, 0) is 50.8 Å². The van der Waals surface area contributed by atoms with Crippen LogP contribution in [0.2, 0.25) is 0 Å². The molecule has 1 heterocycles. The number of unbranched alkanes of at least 4 members (excludes halogenated alkanes) is 1. The second kappa shape index (κ2) is 16.5. The molecular weight excluding hydrogens is 558 g/mol. The number of azo groups is 1. The number of nitrogens with zero attached hydrogens (tertiary/aromatic N) is 3. The SMILES string of the molecule is CCCCNC(CC)CN(CC(CC)C(N)CCC)S(=O)(=O)c1ccccc1/N=N/c1c(O)[nH]c(=O)c(C(N)=O)c1C. The molecule has 3 atom stereocenters. The number of hydrogen-bond acceptors (Lipinski definition) is 9. The standard InChI is InChI=1S/C29H47N7O5S/c1-6-10-16-32-21(9-4)18-36(17-20(8-3)22(30)13-7-2)42(40,41)24-15-12-11-14-23(24)34-35-26-19(5)25(27(31)37)28(38)33-29(26)39/h11-12,14-15,20-22,32H,6-10,13,16-18,30H2,1-5H3,(H2,31,37)(H2,33,38,39)/b35-34+. The van der Waals surface area contributed by atoms with E-state index in [2.05, 4.69) is 34.4 Å². The van der Waals surface area contributed by atoms with Crippen molar-refractivity contribution >= 4 is 27.3 Å². The number of aromatic amines is 1. The molecule has 42 heavy (non-hydrogen) atoms. The Morgan fingerprint density at radius 2 is 1.79 bits per heavy atom. The minimum atomic E-state index is -4.08. The van der Waals surface area contributed by atoms with Crippen molar-refractivity contribution in [2.24, 2.45) is 27.6 Å². The van der Waals surface area contributed by atoms with Crippen molar-refractivity contribution < 1.29 is 18.3 Å². The molecule has 0 aliphatic carbocycles. The van der Waals surface area contributed by atoms with Crippen LogP contribution in [0.25, 0.3) is 0 Å². The van der Waals surface area contributed by atoms with Crippen molar-refractivity contribution in [3.8, 4) is 5.88 Å². The first-order chi connectivity index (χ1) is 19.9. The van der Waals surface area contributed by atoms with E-state index in [1.807, 2.05) is 13.8 Å². The first kappa shape index (κ1) is 35.1. The zero-order valence-corrected chi connectivity index (χ0v) is 26.2. The summed E-state index contributed by atoms with van der Waals surface area (Å²) in [6.07, 6.45) is 5.17. The first-order valence-corrected chi connectivity index (χ1v) is 16.1. The predicted octanol–water partition coefficient (Wildman–Crippen LogP) is 4.22. The Balaban J connectivity index is 2.59. The minimum absolute atomic E-state index is 0.0223. The molecule has 0 spiro atoms. The van der Waals surface area contributed by atoms with E-state index in [9.17, 15) is 23.1 Å². The maximum Gasteiger partial charge on any atom is 0.263 e. The maximum atomic E-state index is 14.3. The number of sulfonamides is 1. The molecule has 0 saturated heterocycles. The van der Waals surface area contributed by atoms with E-state index in [-0.39, 0.29) is 58.5 Å². The molecule has 0 radical (unpaired) electrons. The molecule has 2 rings (SSSR count). The summed E-state index contributed by atoms with van der Waals surface area (Å²) in [4.78, 5) is 26.0. The fourth-order valence-electron chi connectivity index (χ4n) is 4.85. The number of pyridine rings is 1. The van der Waals surface area contributed by atoms with Crippen LogP contribution in [0.3, 0.4) is 0 Å². The Bertz CT molecular complexity index is 1380. The topological polar surface area (TPSA) is 196 Å². The average Bonchev–Trinajstić information content (AvgIpc) is 2.94. The van der Waals surface area contributed by atoms with Gasteiger partial charge in [0.15, 0.2) is 0 Å². The molecule has 1 aromatic carbocycles. The molecular formula is C29H47N7O5S. The van der Waals surface area contributed by atoms with E-state index < -0.39 is 27.4 Å². The van der Waals surface area contributed by atoms with Gasteiger partial charge in [0, 0.05) is 30.7 Å². The Labute approximate surface area is 249 Å². The summed E-state index contributed by atoms with van der Waals surface area (Å²) in [5, 5.41) is 22.0. The number of primary amides is 1. The molecule has 1 aromatic heterocycles. The number of carbonyl (C=O) groups excluding carboxylic acids is 1. The van der Waals surface area contributed by atoms with Gasteiger partial charge in [-0.15, -0.1) is 10.2 Å². The summed E-state index contributed by atoms with van der Waals surface area (Å²) in [6, 6.07) is 5.98. The maximum absolute atomic E-state index is 14.3. The number of benzene rings is 1. The first-order valence-electron chi connectivity index (χ1n) is 14.7. The van der Waals surface area contributed by atoms with Gasteiger partial charge in [-0.1, -0.05) is 59.1 Å². The second-order valence-corrected chi connectivity index (χ2v) is 12.4. The number of aromatic hydroxyl groups is 1. The third kappa shape index (κ3) is 8.93. The van der Waals surface area contributed by atoms with Gasteiger partial charge in [-0.25, -0.2) is 8.42 Å². The Kier molecular flexibility index (Phi) is 13.8. The quantitative estimate of drug-likeness (QED) is 0.124. The van der Waals surface area contributed by atoms with Gasteiger partial charge < -0.3 is 21.9 Å². The highest BCUT2D eigenvalue weighted by Gasteiger charge is 2.32. The summed E-state index contributed by atoms with van der Waals surface area (Å²) < 4.78 is 30.1. The van der Waals surface area contributed by atoms with E-state index >= 15 is 0 Å². The van der Waals surface area contributed by atoms with Gasteiger partial charge >= 0.3 is 0 Å². The highest BCUT2D eigenvalue weighted by atomic mass is 32.2. The van der Waals surface area contributed by atoms with Crippen LogP contribution in [0, 0.1) is 12.8 Å². The molecule has 0 aliphatic heterocycles. The summed E-state index contributed by atoms with van der Waals surface area (Å²) in [5.41, 5.74) is 10.4. The number of H-pyrrole nitrogens is 1. The zero-order valence-electron chi connectivity index (χ0n) is 25.4. The van der Waals surface area contributed by atoms with Crippen LogP contribution in [0.1, 0.15) is 82.1 Å². The van der Waals surface area contributed by atoms with Gasteiger partial charge in [-0.3, -0.25) is 14.6 Å². The molecule has 12 nitrogen and oxygen atoms in total. The van der Waals surface area contributed by atoms with E-state index in [1.54, 1.807) is 12.1 Å². The normalized spacial score (nSPS) is 14.4. The van der Waals surface area contributed by atoms with Gasteiger partial charge in [0.25, 0.3) is 11.5 Å². The van der Waals surface area contributed by atoms with Crippen LogP contribution >= 0.6 is 0 Å². The summed E-state index contributed by atoms with van der Waals surface area (Å²) >= 11 is 0. The Morgan fingerprint density at radius 1 is 1.10 bits per heavy atom. The summed E-state index contributed by atoms with van der Waals surface area (Å²) in [5.74, 6) is -1.66. The molecule has 0 saturated carbocycles. The van der Waals surface area contributed by atoms with Crippen LogP contribution in [0.5, 0.6) is 5.88 Å². The second-order valence-electron chi connectivity index (χ2n) is 10.5. The monoisotopic (exact) mass is 605 g/mol. The number of nitrogens with one attached hydrogen (secondary N) is 2.